The van der Waals surface area contributed by atoms with Crippen molar-refractivity contribution in [2.24, 2.45) is 0 Å². The van der Waals surface area contributed by atoms with E-state index in [1.165, 1.54) is 24.3 Å². The van der Waals surface area contributed by atoms with Crippen LogP contribution < -0.4 is 9.83 Å². The Morgan fingerprint density at radius 1 is 1.11 bits per heavy atom. The van der Waals surface area contributed by atoms with Crippen LogP contribution in [-0.4, -0.2) is 4.92 Å². The van der Waals surface area contributed by atoms with E-state index in [-0.39, 0.29) is 5.69 Å². The molecular weight excluding hydrogens is 305 g/mol. The molecule has 19 heavy (non-hydrogen) atoms. The Morgan fingerprint density at radius 3 is 2.21 bits per heavy atom. The number of benzene rings is 2. The van der Waals surface area contributed by atoms with Gasteiger partial charge in [-0.2, -0.15) is 0 Å². The first kappa shape index (κ1) is 14.0. The Hall–Kier alpha value is -1.42. The van der Waals surface area contributed by atoms with Gasteiger partial charge in [-0.1, -0.05) is 18.2 Å². The fourth-order valence-electron chi connectivity index (χ4n) is 1.42. The molecule has 0 fully saturated rings. The summed E-state index contributed by atoms with van der Waals surface area (Å²) in [4.78, 5) is 10.1. The van der Waals surface area contributed by atoms with E-state index < -0.39 is 10.5 Å². The minimum atomic E-state index is -2.67. The largest absolute Gasteiger partial charge is 0.449 e. The molecule has 0 saturated carbocycles. The molecule has 98 valence electrons. The van der Waals surface area contributed by atoms with Crippen LogP contribution in [0, 0.1) is 10.1 Å². The summed E-state index contributed by atoms with van der Waals surface area (Å²) in [6.07, 6.45) is 0. The Morgan fingerprint density at radius 2 is 1.68 bits per heavy atom. The quantitative estimate of drug-likeness (QED) is 0.489. The maximum Gasteiger partial charge on any atom is 0.269 e. The van der Waals surface area contributed by atoms with Crippen LogP contribution in [0.1, 0.15) is 0 Å². The van der Waals surface area contributed by atoms with Crippen molar-refractivity contribution in [2.45, 2.75) is 0 Å². The second-order valence-electron chi connectivity index (χ2n) is 3.66. The van der Waals surface area contributed by atoms with Gasteiger partial charge in [0, 0.05) is 17.4 Å². The molecule has 0 N–H and O–H groups in total. The number of nitro groups is 1. The van der Waals surface area contributed by atoms with Crippen LogP contribution in [0.25, 0.3) is 0 Å². The lowest BCUT2D eigenvalue weighted by Crippen LogP contribution is -2.04. The molecule has 0 aliphatic carbocycles. The molecule has 1 atom stereocenters. The summed E-state index contributed by atoms with van der Waals surface area (Å²) in [5.74, 6) is 0.424. The maximum atomic E-state index is 10.5. The highest BCUT2D eigenvalue weighted by atomic mass is 35.7. The summed E-state index contributed by atoms with van der Waals surface area (Å²) in [6.45, 7) is 0. The zero-order valence-corrected chi connectivity index (χ0v) is 12.1. The van der Waals surface area contributed by atoms with E-state index in [2.05, 4.69) is 0 Å². The Bertz CT molecular complexity index is 633. The number of rotatable bonds is 4. The molecule has 0 aliphatic rings. The van der Waals surface area contributed by atoms with Crippen molar-refractivity contribution in [3.8, 4) is 5.75 Å². The second-order valence-corrected chi connectivity index (χ2v) is 8.89. The lowest BCUT2D eigenvalue weighted by molar-refractivity contribution is -0.384. The third-order valence-electron chi connectivity index (χ3n) is 2.33. The summed E-state index contributed by atoms with van der Waals surface area (Å²) in [7, 11) is 0. The highest BCUT2D eigenvalue weighted by Gasteiger charge is 2.18. The van der Waals surface area contributed by atoms with Gasteiger partial charge in [0.1, 0.15) is 5.75 Å². The van der Waals surface area contributed by atoms with Gasteiger partial charge in [-0.25, -0.2) is 0 Å². The van der Waals surface area contributed by atoms with Crippen molar-refractivity contribution in [2.75, 3.05) is 0 Å². The monoisotopic (exact) mass is 313 g/mol. The van der Waals surface area contributed by atoms with E-state index in [0.717, 1.165) is 5.30 Å². The van der Waals surface area contributed by atoms with E-state index >= 15 is 0 Å². The number of halogens is 1. The van der Waals surface area contributed by atoms with Crippen LogP contribution >= 0.6 is 16.9 Å². The van der Waals surface area contributed by atoms with Crippen molar-refractivity contribution < 1.29 is 9.45 Å². The standard InChI is InChI=1S/C12H9ClNO3PS/c13-18(19,12-4-2-1-3-5-12)17-11-8-6-10(7-9-11)14(15)16/h1-9H. The van der Waals surface area contributed by atoms with Crippen LogP contribution in [0.3, 0.4) is 0 Å². The van der Waals surface area contributed by atoms with Gasteiger partial charge >= 0.3 is 0 Å². The molecule has 0 heterocycles. The number of non-ortho nitro benzene ring substituents is 1. The first-order chi connectivity index (χ1) is 8.99. The predicted molar refractivity (Wildman–Crippen MR) is 79.9 cm³/mol. The SMILES string of the molecule is O=[N+]([O-])c1ccc(OP(=S)(Cl)c2ccccc2)cc1. The zero-order chi connectivity index (χ0) is 13.9. The molecule has 0 aromatic heterocycles. The summed E-state index contributed by atoms with van der Waals surface area (Å²) < 4.78 is 5.59. The van der Waals surface area contributed by atoms with E-state index in [1.807, 2.05) is 18.2 Å². The highest BCUT2D eigenvalue weighted by Crippen LogP contribution is 2.51. The second kappa shape index (κ2) is 5.70. The lowest BCUT2D eigenvalue weighted by Gasteiger charge is -2.16. The van der Waals surface area contributed by atoms with Crippen LogP contribution in [0.15, 0.2) is 54.6 Å². The summed E-state index contributed by atoms with van der Waals surface area (Å²) in [5.41, 5.74) is -2.67. The van der Waals surface area contributed by atoms with Crippen molar-refractivity contribution in [1.82, 2.24) is 0 Å². The van der Waals surface area contributed by atoms with Gasteiger partial charge < -0.3 is 4.52 Å². The fourth-order valence-corrected chi connectivity index (χ4v) is 3.65. The normalized spacial score (nSPS) is 13.5. The molecule has 2 rings (SSSR count). The Kier molecular flexibility index (Phi) is 4.20. The molecular formula is C12H9ClNO3PS. The minimum absolute atomic E-state index is 0.00469. The fraction of sp³-hybridized carbons (Fsp3) is 0. The number of nitrogens with zero attached hydrogens (tertiary/aromatic N) is 1. The zero-order valence-electron chi connectivity index (χ0n) is 9.60. The Balaban J connectivity index is 2.21. The van der Waals surface area contributed by atoms with Gasteiger partial charge in [0.05, 0.1) is 4.92 Å². The van der Waals surface area contributed by atoms with E-state index in [0.29, 0.717) is 5.75 Å². The van der Waals surface area contributed by atoms with E-state index in [1.54, 1.807) is 12.1 Å². The van der Waals surface area contributed by atoms with Crippen molar-refractivity contribution in [3.05, 3.63) is 64.7 Å². The first-order valence-corrected chi connectivity index (χ1v) is 8.91. The van der Waals surface area contributed by atoms with Gasteiger partial charge in [-0.3, -0.25) is 10.1 Å². The molecule has 0 aliphatic heterocycles. The molecule has 1 unspecified atom stereocenters. The summed E-state index contributed by atoms with van der Waals surface area (Å²) in [6, 6.07) is 14.8. The molecule has 0 radical (unpaired) electrons. The Labute approximate surface area is 120 Å². The number of hydrogen-bond acceptors (Lipinski definition) is 4. The molecule has 4 nitrogen and oxygen atoms in total. The first-order valence-electron chi connectivity index (χ1n) is 5.28. The smallest absolute Gasteiger partial charge is 0.269 e. The molecule has 0 spiro atoms. The van der Waals surface area contributed by atoms with Crippen LogP contribution in [0.5, 0.6) is 5.75 Å². The van der Waals surface area contributed by atoms with Crippen molar-refractivity contribution >= 4 is 39.7 Å². The average molecular weight is 314 g/mol. The van der Waals surface area contributed by atoms with Gasteiger partial charge in [0.15, 0.2) is 0 Å². The van der Waals surface area contributed by atoms with Gasteiger partial charge in [-0.15, -0.1) is 0 Å². The molecule has 0 saturated heterocycles. The molecule has 0 bridgehead atoms. The molecule has 7 heteroatoms. The van der Waals surface area contributed by atoms with Gasteiger partial charge in [-0.05, 0) is 47.3 Å². The molecule has 0 amide bonds. The third-order valence-corrected chi connectivity index (χ3v) is 5.34. The van der Waals surface area contributed by atoms with Gasteiger partial charge in [0.2, 0.25) is 5.62 Å². The predicted octanol–water partition coefficient (Wildman–Crippen LogP) is 3.85. The van der Waals surface area contributed by atoms with Crippen LogP contribution in [0.2, 0.25) is 0 Å². The van der Waals surface area contributed by atoms with E-state index in [9.17, 15) is 10.1 Å². The summed E-state index contributed by atoms with van der Waals surface area (Å²) >= 11 is 11.6. The minimum Gasteiger partial charge on any atom is -0.449 e. The average Bonchev–Trinajstić information content (AvgIpc) is 2.40. The lowest BCUT2D eigenvalue weighted by atomic mass is 10.3. The topological polar surface area (TPSA) is 52.4 Å². The highest BCUT2D eigenvalue weighted by molar-refractivity contribution is 8.28. The van der Waals surface area contributed by atoms with E-state index in [4.69, 9.17) is 27.6 Å². The third kappa shape index (κ3) is 3.53. The van der Waals surface area contributed by atoms with Crippen LogP contribution in [-0.2, 0) is 11.8 Å². The summed E-state index contributed by atoms with van der Waals surface area (Å²) in [5, 5.41) is 11.3. The van der Waals surface area contributed by atoms with Crippen LogP contribution in [0.4, 0.5) is 5.69 Å². The number of nitro benzene ring substituents is 1. The van der Waals surface area contributed by atoms with Gasteiger partial charge in [0.25, 0.3) is 5.69 Å². The van der Waals surface area contributed by atoms with Crippen molar-refractivity contribution in [3.63, 3.8) is 0 Å². The molecule has 2 aromatic carbocycles. The number of hydrogen-bond donors (Lipinski definition) is 0. The molecule has 2 aromatic rings. The van der Waals surface area contributed by atoms with Crippen molar-refractivity contribution in [1.29, 1.82) is 0 Å². The maximum absolute atomic E-state index is 10.5.